The number of para-hydroxylation sites is 1. The van der Waals surface area contributed by atoms with Crippen molar-refractivity contribution in [3.63, 3.8) is 0 Å². The zero-order valence-corrected chi connectivity index (χ0v) is 14.5. The predicted octanol–water partition coefficient (Wildman–Crippen LogP) is 2.15. The summed E-state index contributed by atoms with van der Waals surface area (Å²) in [6, 6.07) is 8.80. The number of hydrogen-bond acceptors (Lipinski definition) is 3. The first kappa shape index (κ1) is 18.1. The van der Waals surface area contributed by atoms with Gasteiger partial charge in [-0.1, -0.05) is 18.2 Å². The second kappa shape index (κ2) is 9.15. The van der Waals surface area contributed by atoms with Crippen molar-refractivity contribution >= 4 is 11.9 Å². The molecule has 2 rings (SSSR count). The van der Waals surface area contributed by atoms with Crippen molar-refractivity contribution < 1.29 is 14.3 Å². The van der Waals surface area contributed by atoms with E-state index in [1.165, 1.54) is 0 Å². The lowest BCUT2D eigenvalue weighted by Crippen LogP contribution is -2.53. The first-order valence-electron chi connectivity index (χ1n) is 8.60. The summed E-state index contributed by atoms with van der Waals surface area (Å²) in [5, 5.41) is 5.41. The Morgan fingerprint density at radius 1 is 1.29 bits per heavy atom. The molecule has 1 aliphatic heterocycles. The minimum Gasteiger partial charge on any atom is -0.492 e. The van der Waals surface area contributed by atoms with E-state index in [0.29, 0.717) is 13.2 Å². The van der Waals surface area contributed by atoms with Gasteiger partial charge in [0, 0.05) is 12.6 Å². The smallest absolute Gasteiger partial charge is 0.315 e. The Bertz CT molecular complexity index is 536. The van der Waals surface area contributed by atoms with Crippen LogP contribution < -0.4 is 15.4 Å². The van der Waals surface area contributed by atoms with E-state index in [1.807, 2.05) is 35.2 Å². The highest BCUT2D eigenvalue weighted by molar-refractivity contribution is 5.86. The molecule has 1 heterocycles. The molecule has 3 amide bonds. The molecular weight excluding hydrogens is 306 g/mol. The highest BCUT2D eigenvalue weighted by Gasteiger charge is 2.27. The molecule has 1 aromatic carbocycles. The molecule has 24 heavy (non-hydrogen) atoms. The average molecular weight is 333 g/mol. The third-order valence-electron chi connectivity index (χ3n) is 4.20. The number of benzene rings is 1. The molecule has 2 N–H and O–H groups in total. The van der Waals surface area contributed by atoms with Crippen molar-refractivity contribution in [2.24, 2.45) is 0 Å². The van der Waals surface area contributed by atoms with Crippen LogP contribution in [0.15, 0.2) is 30.3 Å². The van der Waals surface area contributed by atoms with Crippen LogP contribution in [0.5, 0.6) is 5.75 Å². The number of urea groups is 1. The molecular formula is C18H27N3O3. The lowest BCUT2D eigenvalue weighted by atomic mass is 10.0. The summed E-state index contributed by atoms with van der Waals surface area (Å²) >= 11 is 0. The van der Waals surface area contributed by atoms with Crippen LogP contribution >= 0.6 is 0 Å². The van der Waals surface area contributed by atoms with Crippen molar-refractivity contribution in [2.45, 2.75) is 45.2 Å². The summed E-state index contributed by atoms with van der Waals surface area (Å²) in [4.78, 5) is 26.2. The summed E-state index contributed by atoms with van der Waals surface area (Å²) in [5.74, 6) is 0.750. The maximum atomic E-state index is 12.4. The first-order chi connectivity index (χ1) is 11.6. The van der Waals surface area contributed by atoms with Gasteiger partial charge >= 0.3 is 6.03 Å². The lowest BCUT2D eigenvalue weighted by Gasteiger charge is -2.35. The zero-order valence-electron chi connectivity index (χ0n) is 14.5. The van der Waals surface area contributed by atoms with Gasteiger partial charge in [0.25, 0.3) is 0 Å². The molecule has 0 aromatic heterocycles. The second-order valence-corrected chi connectivity index (χ2v) is 6.16. The van der Waals surface area contributed by atoms with Gasteiger partial charge in [-0.3, -0.25) is 4.79 Å². The largest absolute Gasteiger partial charge is 0.492 e. The summed E-state index contributed by atoms with van der Waals surface area (Å²) in [7, 11) is 0. The van der Waals surface area contributed by atoms with Crippen LogP contribution in [0.4, 0.5) is 4.79 Å². The molecule has 1 fully saturated rings. The molecule has 1 aromatic rings. The maximum absolute atomic E-state index is 12.4. The number of rotatable bonds is 6. The molecule has 0 radical (unpaired) electrons. The van der Waals surface area contributed by atoms with E-state index in [9.17, 15) is 9.59 Å². The fourth-order valence-corrected chi connectivity index (χ4v) is 2.83. The van der Waals surface area contributed by atoms with Crippen LogP contribution in [0.1, 0.15) is 33.1 Å². The molecule has 132 valence electrons. The van der Waals surface area contributed by atoms with E-state index in [4.69, 9.17) is 4.74 Å². The summed E-state index contributed by atoms with van der Waals surface area (Å²) in [5.41, 5.74) is 0. The van der Waals surface area contributed by atoms with Crippen molar-refractivity contribution in [2.75, 3.05) is 19.7 Å². The molecule has 0 unspecified atom stereocenters. The number of nitrogens with zero attached hydrogens (tertiary/aromatic N) is 1. The number of carbonyl (C=O) groups excluding carboxylic acids is 2. The fraction of sp³-hybridized carbons (Fsp3) is 0.556. The molecule has 0 spiro atoms. The Hall–Kier alpha value is -2.24. The third-order valence-corrected chi connectivity index (χ3v) is 4.20. The van der Waals surface area contributed by atoms with Crippen LogP contribution in [-0.2, 0) is 4.79 Å². The van der Waals surface area contributed by atoms with E-state index >= 15 is 0 Å². The van der Waals surface area contributed by atoms with Gasteiger partial charge in [-0.15, -0.1) is 0 Å². The second-order valence-electron chi connectivity index (χ2n) is 6.16. The number of likely N-dealkylation sites (tertiary alicyclic amines) is 1. The van der Waals surface area contributed by atoms with E-state index in [2.05, 4.69) is 17.6 Å². The molecule has 2 atom stereocenters. The van der Waals surface area contributed by atoms with Crippen molar-refractivity contribution in [3.05, 3.63) is 30.3 Å². The van der Waals surface area contributed by atoms with Gasteiger partial charge in [0.15, 0.2) is 0 Å². The van der Waals surface area contributed by atoms with Crippen LogP contribution in [0.25, 0.3) is 0 Å². The van der Waals surface area contributed by atoms with Crippen molar-refractivity contribution in [1.29, 1.82) is 0 Å². The van der Waals surface area contributed by atoms with Gasteiger partial charge in [0.1, 0.15) is 18.4 Å². The molecule has 0 aliphatic carbocycles. The van der Waals surface area contributed by atoms with Crippen LogP contribution in [0.2, 0.25) is 0 Å². The third kappa shape index (κ3) is 5.44. The molecule has 6 nitrogen and oxygen atoms in total. The van der Waals surface area contributed by atoms with Gasteiger partial charge in [-0.05, 0) is 45.2 Å². The number of carbonyl (C=O) groups is 2. The highest BCUT2D eigenvalue weighted by atomic mass is 16.5. The Balaban J connectivity index is 1.66. The van der Waals surface area contributed by atoms with E-state index in [0.717, 1.165) is 31.6 Å². The maximum Gasteiger partial charge on any atom is 0.315 e. The number of hydrogen-bond donors (Lipinski definition) is 2. The lowest BCUT2D eigenvalue weighted by molar-refractivity contribution is -0.136. The first-order valence-corrected chi connectivity index (χ1v) is 8.60. The van der Waals surface area contributed by atoms with Crippen LogP contribution in [0, 0.1) is 0 Å². The molecule has 1 saturated heterocycles. The summed E-state index contributed by atoms with van der Waals surface area (Å²) in [6.07, 6.45) is 3.22. The zero-order chi connectivity index (χ0) is 17.4. The van der Waals surface area contributed by atoms with E-state index in [1.54, 1.807) is 6.92 Å². The predicted molar refractivity (Wildman–Crippen MR) is 93.0 cm³/mol. The quantitative estimate of drug-likeness (QED) is 0.784. The summed E-state index contributed by atoms with van der Waals surface area (Å²) < 4.78 is 5.50. The van der Waals surface area contributed by atoms with Crippen molar-refractivity contribution in [1.82, 2.24) is 15.5 Å². The minimum absolute atomic E-state index is 0.0158. The van der Waals surface area contributed by atoms with Crippen LogP contribution in [0.3, 0.4) is 0 Å². The van der Waals surface area contributed by atoms with Gasteiger partial charge in [-0.25, -0.2) is 4.79 Å². The van der Waals surface area contributed by atoms with Gasteiger partial charge in [0.2, 0.25) is 5.91 Å². The highest BCUT2D eigenvalue weighted by Crippen LogP contribution is 2.17. The monoisotopic (exact) mass is 333 g/mol. The number of amides is 3. The van der Waals surface area contributed by atoms with Gasteiger partial charge < -0.3 is 20.3 Å². The van der Waals surface area contributed by atoms with E-state index in [-0.39, 0.29) is 18.0 Å². The molecule has 6 heteroatoms. The minimum atomic E-state index is -0.527. The number of nitrogens with one attached hydrogen (secondary N) is 2. The topological polar surface area (TPSA) is 70.7 Å². The molecule has 0 saturated carbocycles. The number of ether oxygens (including phenoxy) is 1. The van der Waals surface area contributed by atoms with Gasteiger partial charge in [0.05, 0.1) is 6.54 Å². The van der Waals surface area contributed by atoms with Gasteiger partial charge in [-0.2, -0.15) is 0 Å². The average Bonchev–Trinajstić information content (AvgIpc) is 2.59. The Morgan fingerprint density at radius 2 is 2.04 bits per heavy atom. The van der Waals surface area contributed by atoms with Crippen molar-refractivity contribution in [3.8, 4) is 5.75 Å². The Labute approximate surface area is 143 Å². The number of piperidine rings is 1. The normalized spacial score (nSPS) is 18.6. The van der Waals surface area contributed by atoms with E-state index < -0.39 is 6.04 Å². The Kier molecular flexibility index (Phi) is 6.90. The summed E-state index contributed by atoms with van der Waals surface area (Å²) in [6.45, 7) is 5.32. The van der Waals surface area contributed by atoms with Crippen LogP contribution in [-0.4, -0.2) is 48.6 Å². The molecule has 0 bridgehead atoms. The fourth-order valence-electron chi connectivity index (χ4n) is 2.83. The standard InChI is InChI=1S/C18H27N3O3/c1-14-8-6-7-12-21(14)17(22)15(2)20-18(23)19-11-13-24-16-9-4-3-5-10-16/h3-5,9-10,14-15H,6-8,11-13H2,1-2H3,(H2,19,20,23)/t14-,15-/m1/s1. The molecule has 1 aliphatic rings. The Morgan fingerprint density at radius 3 is 2.75 bits per heavy atom. The SMILES string of the molecule is C[C@@H]1CCCCN1C(=O)[C@@H](C)NC(=O)NCCOc1ccccc1.